The van der Waals surface area contributed by atoms with Gasteiger partial charge in [0.1, 0.15) is 16.7 Å². The largest absolute Gasteiger partial charge is 0.436 e. The number of benzene rings is 1. The fraction of sp³-hybridized carbons (Fsp3) is 0.222. The molecule has 2 aliphatic rings. The predicted molar refractivity (Wildman–Crippen MR) is 142 cm³/mol. The van der Waals surface area contributed by atoms with Gasteiger partial charge in [0, 0.05) is 34.0 Å². The van der Waals surface area contributed by atoms with Gasteiger partial charge in [-0.3, -0.25) is 4.79 Å². The maximum atomic E-state index is 14.6. The van der Waals surface area contributed by atoms with E-state index >= 15 is 0 Å². The van der Waals surface area contributed by atoms with E-state index in [0.29, 0.717) is 27.7 Å². The third kappa shape index (κ3) is 4.24. The van der Waals surface area contributed by atoms with E-state index in [2.05, 4.69) is 25.3 Å². The normalized spacial score (nSPS) is 19.3. The number of halogens is 6. The van der Waals surface area contributed by atoms with Crippen molar-refractivity contribution in [2.75, 3.05) is 0 Å². The van der Waals surface area contributed by atoms with Crippen LogP contribution >= 0.6 is 23.2 Å². The number of pyridine rings is 2. The van der Waals surface area contributed by atoms with E-state index in [-0.39, 0.29) is 39.5 Å². The third-order valence-corrected chi connectivity index (χ3v) is 8.01. The maximum absolute atomic E-state index is 14.6. The Labute approximate surface area is 238 Å². The van der Waals surface area contributed by atoms with Gasteiger partial charge < -0.3 is 9.55 Å². The van der Waals surface area contributed by atoms with Crippen LogP contribution in [0.1, 0.15) is 41.3 Å². The molecule has 0 amide bonds. The molecular formula is C27H17Cl2F4N7O. The molecule has 1 aromatic carbocycles. The van der Waals surface area contributed by atoms with Crippen LogP contribution in [0.5, 0.6) is 0 Å². The van der Waals surface area contributed by atoms with Gasteiger partial charge in [0.25, 0.3) is 5.56 Å². The summed E-state index contributed by atoms with van der Waals surface area (Å²) >= 11 is 12.7. The number of aromatic amines is 1. The molecule has 0 radical (unpaired) electrons. The Hall–Kier alpha value is -4.03. The zero-order valence-corrected chi connectivity index (χ0v) is 22.4. The zero-order chi connectivity index (χ0) is 28.8. The highest BCUT2D eigenvalue weighted by Crippen LogP contribution is 2.60. The van der Waals surface area contributed by atoms with Crippen LogP contribution in [0.3, 0.4) is 0 Å². The van der Waals surface area contributed by atoms with Gasteiger partial charge in [0.2, 0.25) is 5.95 Å². The van der Waals surface area contributed by atoms with E-state index in [0.717, 1.165) is 23.0 Å². The van der Waals surface area contributed by atoms with Crippen LogP contribution in [-0.2, 0) is 6.18 Å². The molecule has 5 aromatic rings. The second-order valence-corrected chi connectivity index (χ2v) is 10.9. The summed E-state index contributed by atoms with van der Waals surface area (Å²) in [5.41, 5.74) is 1.30. The molecule has 0 bridgehead atoms. The molecule has 14 heteroatoms. The zero-order valence-electron chi connectivity index (χ0n) is 20.9. The lowest BCUT2D eigenvalue weighted by Crippen LogP contribution is -2.26. The molecule has 208 valence electrons. The number of aryl methyl sites for hydroxylation is 1. The first-order valence-electron chi connectivity index (χ1n) is 12.4. The van der Waals surface area contributed by atoms with Crippen LogP contribution in [-0.4, -0.2) is 34.5 Å². The molecule has 8 nitrogen and oxygen atoms in total. The average Bonchev–Trinajstić information content (AvgIpc) is 3.21. The molecule has 1 aliphatic carbocycles. The van der Waals surface area contributed by atoms with Crippen molar-refractivity contribution >= 4 is 23.2 Å². The van der Waals surface area contributed by atoms with Crippen molar-refractivity contribution in [3.8, 4) is 28.1 Å². The molecule has 7 rings (SSSR count). The molecule has 4 aromatic heterocycles. The monoisotopic (exact) mass is 601 g/mol. The SMILES string of the molecule is Cc1ccc(-c2nc(C3C4CC4c4cc(-c5cc(Cl)ccc5-n5cc(C(F)(F)F)nn5)cc(=O)n43)[nH]c2Cl)c(F)n1. The van der Waals surface area contributed by atoms with E-state index in [1.54, 1.807) is 29.7 Å². The molecule has 5 heterocycles. The van der Waals surface area contributed by atoms with E-state index in [1.165, 1.54) is 18.2 Å². The van der Waals surface area contributed by atoms with Gasteiger partial charge in [-0.15, -0.1) is 5.10 Å². The minimum absolute atomic E-state index is 0.0589. The average molecular weight is 602 g/mol. The summed E-state index contributed by atoms with van der Waals surface area (Å²) in [6, 6.07) is 10.6. The number of hydrogen-bond donors (Lipinski definition) is 1. The summed E-state index contributed by atoms with van der Waals surface area (Å²) in [5, 5.41) is 7.35. The molecule has 1 saturated carbocycles. The van der Waals surface area contributed by atoms with Crippen LogP contribution in [0.4, 0.5) is 17.6 Å². The second kappa shape index (κ2) is 8.98. The molecule has 1 aliphatic heterocycles. The Bertz CT molecular complexity index is 1930. The Kier molecular flexibility index (Phi) is 5.68. The van der Waals surface area contributed by atoms with Gasteiger partial charge in [-0.2, -0.15) is 17.6 Å². The van der Waals surface area contributed by atoms with Crippen molar-refractivity contribution in [1.29, 1.82) is 0 Å². The molecular weight excluding hydrogens is 585 g/mol. The maximum Gasteiger partial charge on any atom is 0.436 e. The van der Waals surface area contributed by atoms with E-state index < -0.39 is 23.9 Å². The number of imidazole rings is 1. The fourth-order valence-electron chi connectivity index (χ4n) is 5.60. The van der Waals surface area contributed by atoms with E-state index in [9.17, 15) is 22.4 Å². The van der Waals surface area contributed by atoms with Gasteiger partial charge in [-0.25, -0.2) is 14.6 Å². The number of aromatic nitrogens is 7. The first-order valence-corrected chi connectivity index (χ1v) is 13.2. The Balaban J connectivity index is 1.31. The highest BCUT2D eigenvalue weighted by atomic mass is 35.5. The summed E-state index contributed by atoms with van der Waals surface area (Å²) in [6.45, 7) is 1.67. The number of fused-ring (bicyclic) bond motifs is 3. The summed E-state index contributed by atoms with van der Waals surface area (Å²) < 4.78 is 56.7. The molecule has 1 N–H and O–H groups in total. The van der Waals surface area contributed by atoms with E-state index in [4.69, 9.17) is 23.2 Å². The highest BCUT2D eigenvalue weighted by Gasteiger charge is 2.54. The minimum atomic E-state index is -4.66. The highest BCUT2D eigenvalue weighted by molar-refractivity contribution is 6.32. The van der Waals surface area contributed by atoms with Gasteiger partial charge in [-0.05, 0) is 61.2 Å². The lowest BCUT2D eigenvalue weighted by molar-refractivity contribution is -0.141. The minimum Gasteiger partial charge on any atom is -0.331 e. The van der Waals surface area contributed by atoms with Crippen molar-refractivity contribution in [3.63, 3.8) is 0 Å². The summed E-state index contributed by atoms with van der Waals surface area (Å²) in [7, 11) is 0. The molecule has 0 saturated heterocycles. The number of H-pyrrole nitrogens is 1. The molecule has 1 fully saturated rings. The van der Waals surface area contributed by atoms with Crippen LogP contribution in [0, 0.1) is 18.8 Å². The number of nitrogens with one attached hydrogen (secondary N) is 1. The predicted octanol–water partition coefficient (Wildman–Crippen LogP) is 6.36. The van der Waals surface area contributed by atoms with Crippen molar-refractivity contribution in [1.82, 2.24) is 34.5 Å². The summed E-state index contributed by atoms with van der Waals surface area (Å²) in [6.07, 6.45) is -3.09. The number of rotatable bonds is 4. The van der Waals surface area contributed by atoms with Crippen LogP contribution < -0.4 is 5.56 Å². The lowest BCUT2D eigenvalue weighted by Gasteiger charge is -2.18. The van der Waals surface area contributed by atoms with Gasteiger partial charge in [0.15, 0.2) is 5.69 Å². The fourth-order valence-corrected chi connectivity index (χ4v) is 6.01. The molecule has 0 spiro atoms. The number of hydrogen-bond acceptors (Lipinski definition) is 5. The quantitative estimate of drug-likeness (QED) is 0.191. The number of alkyl halides is 3. The summed E-state index contributed by atoms with van der Waals surface area (Å²) in [5.74, 6) is -0.146. The van der Waals surface area contributed by atoms with Gasteiger partial charge in [-0.1, -0.05) is 28.4 Å². The molecule has 41 heavy (non-hydrogen) atoms. The summed E-state index contributed by atoms with van der Waals surface area (Å²) in [4.78, 5) is 25.0. The smallest absolute Gasteiger partial charge is 0.331 e. The van der Waals surface area contributed by atoms with Gasteiger partial charge >= 0.3 is 6.18 Å². The van der Waals surface area contributed by atoms with Crippen molar-refractivity contribution < 1.29 is 17.6 Å². The van der Waals surface area contributed by atoms with Crippen LogP contribution in [0.2, 0.25) is 10.2 Å². The van der Waals surface area contributed by atoms with Crippen molar-refractivity contribution in [2.24, 2.45) is 5.92 Å². The topological polar surface area (TPSA) is 94.3 Å². The Morgan fingerprint density at radius 3 is 2.59 bits per heavy atom. The Morgan fingerprint density at radius 1 is 1.05 bits per heavy atom. The van der Waals surface area contributed by atoms with Crippen LogP contribution in [0.25, 0.3) is 28.1 Å². The van der Waals surface area contributed by atoms with Crippen LogP contribution in [0.15, 0.2) is 53.5 Å². The standard InChI is InChI=1S/C27H17Cl2F4N7O/c1-11-2-4-14(25(30)34-11)22-24(29)36-26(35-22)23-17-9-16(17)19-6-12(7-21(41)40(19)23)15-8-13(28)3-5-18(15)39-10-20(37-38-39)27(31,32)33/h2-8,10,16-17,23H,9H2,1H3,(H,35,36). The van der Waals surface area contributed by atoms with Gasteiger partial charge in [0.05, 0.1) is 23.5 Å². The first kappa shape index (κ1) is 25.9. The third-order valence-electron chi connectivity index (χ3n) is 7.50. The molecule has 3 unspecified atom stereocenters. The van der Waals surface area contributed by atoms with E-state index in [1.807, 2.05) is 6.07 Å². The lowest BCUT2D eigenvalue weighted by atomic mass is 10.0. The van der Waals surface area contributed by atoms with Crippen molar-refractivity contribution in [2.45, 2.75) is 31.5 Å². The van der Waals surface area contributed by atoms with Crippen molar-refractivity contribution in [3.05, 3.63) is 98.0 Å². The number of nitrogens with zero attached hydrogens (tertiary/aromatic N) is 6. The molecule has 3 atom stereocenters. The Morgan fingerprint density at radius 2 is 1.85 bits per heavy atom. The second-order valence-electron chi connectivity index (χ2n) is 10.1. The first-order chi connectivity index (χ1) is 19.5.